The molecule has 0 spiro atoms. The molecule has 0 fully saturated rings. The van der Waals surface area contributed by atoms with Gasteiger partial charge in [-0.25, -0.2) is 5.43 Å². The first-order valence-electron chi connectivity index (χ1n) is 11.9. The van der Waals surface area contributed by atoms with E-state index in [0.29, 0.717) is 22.3 Å². The molecule has 0 saturated carbocycles. The van der Waals surface area contributed by atoms with E-state index in [1.54, 1.807) is 24.4 Å². The number of hydrogen-bond acceptors (Lipinski definition) is 5. The van der Waals surface area contributed by atoms with Gasteiger partial charge in [-0.1, -0.05) is 71.2 Å². The fourth-order valence-corrected chi connectivity index (χ4v) is 5.01. The second-order valence-corrected chi connectivity index (χ2v) is 10.1. The number of hydrazone groups is 1. The summed E-state index contributed by atoms with van der Waals surface area (Å²) in [5.74, 6) is 0.105. The molecule has 6 nitrogen and oxygen atoms in total. The molecule has 3 aromatic carbocycles. The number of rotatable bonds is 6. The predicted molar refractivity (Wildman–Crippen MR) is 150 cm³/mol. The fourth-order valence-electron chi connectivity index (χ4n) is 4.76. The molecule has 0 bridgehead atoms. The lowest BCUT2D eigenvalue weighted by Crippen LogP contribution is -2.25. The number of anilines is 1. The minimum atomic E-state index is -0.515. The minimum Gasteiger partial charge on any atom is -0.294 e. The number of carbonyl (C=O) groups is 1. The molecule has 37 heavy (non-hydrogen) atoms. The standard InChI is InChI=1S/C29H25Cl2N5O/c1-17-3-12-24(18(2)13-17)21-14-25(20-6-10-23(31)11-7-20)27(26(37)15-21)28-33-29(36-34-28)35-32-16-19-4-8-22(30)9-5-19/h3-13,15-16,25,27H,14H2,1-2H3,(H2,33,34,35,36)/b32-16+. The highest BCUT2D eigenvalue weighted by Crippen LogP contribution is 2.44. The van der Waals surface area contributed by atoms with Gasteiger partial charge in [-0.15, -0.1) is 5.10 Å². The van der Waals surface area contributed by atoms with Crippen molar-refractivity contribution in [2.24, 2.45) is 5.10 Å². The van der Waals surface area contributed by atoms with Crippen molar-refractivity contribution in [3.63, 3.8) is 0 Å². The van der Waals surface area contributed by atoms with Gasteiger partial charge in [0.15, 0.2) is 5.78 Å². The zero-order chi connectivity index (χ0) is 25.9. The second-order valence-electron chi connectivity index (χ2n) is 9.20. The average molecular weight is 530 g/mol. The summed E-state index contributed by atoms with van der Waals surface area (Å²) in [7, 11) is 0. The van der Waals surface area contributed by atoms with E-state index in [9.17, 15) is 4.79 Å². The second kappa shape index (κ2) is 10.7. The lowest BCUT2D eigenvalue weighted by atomic mass is 9.73. The minimum absolute atomic E-state index is 0.0199. The Hall–Kier alpha value is -3.74. The molecule has 0 saturated heterocycles. The van der Waals surface area contributed by atoms with Gasteiger partial charge in [-0.3, -0.25) is 9.89 Å². The Morgan fingerprint density at radius 3 is 2.41 bits per heavy atom. The molecular weight excluding hydrogens is 505 g/mol. The third-order valence-electron chi connectivity index (χ3n) is 6.54. The molecule has 2 N–H and O–H groups in total. The highest BCUT2D eigenvalue weighted by atomic mass is 35.5. The maximum absolute atomic E-state index is 13.6. The molecule has 5 rings (SSSR count). The van der Waals surface area contributed by atoms with Gasteiger partial charge in [-0.2, -0.15) is 10.1 Å². The Morgan fingerprint density at radius 2 is 1.70 bits per heavy atom. The van der Waals surface area contributed by atoms with Gasteiger partial charge in [0, 0.05) is 16.0 Å². The normalized spacial score (nSPS) is 17.7. The number of aromatic nitrogens is 3. The molecule has 1 aromatic heterocycles. The van der Waals surface area contributed by atoms with Crippen LogP contribution in [0.25, 0.3) is 5.57 Å². The molecule has 0 radical (unpaired) electrons. The maximum atomic E-state index is 13.6. The van der Waals surface area contributed by atoms with Crippen molar-refractivity contribution in [3.05, 3.63) is 116 Å². The van der Waals surface area contributed by atoms with Crippen molar-refractivity contribution in [1.29, 1.82) is 0 Å². The summed E-state index contributed by atoms with van der Waals surface area (Å²) in [5.41, 5.74) is 9.18. The summed E-state index contributed by atoms with van der Waals surface area (Å²) in [6.45, 7) is 4.15. The number of carbonyl (C=O) groups excluding carboxylic acids is 1. The molecule has 0 aliphatic heterocycles. The van der Waals surface area contributed by atoms with Crippen LogP contribution in [0.3, 0.4) is 0 Å². The molecule has 1 aliphatic carbocycles. The third kappa shape index (κ3) is 5.66. The van der Waals surface area contributed by atoms with Crippen LogP contribution >= 0.6 is 23.2 Å². The maximum Gasteiger partial charge on any atom is 0.262 e. The number of hydrogen-bond donors (Lipinski definition) is 2. The SMILES string of the molecule is Cc1ccc(C2=CC(=O)C(c3nc(N/N=C/c4ccc(Cl)cc4)n[nH]3)C(c3ccc(Cl)cc3)C2)c(C)c1. The van der Waals surface area contributed by atoms with E-state index >= 15 is 0 Å². The van der Waals surface area contributed by atoms with E-state index in [2.05, 4.69) is 57.8 Å². The van der Waals surface area contributed by atoms with Gasteiger partial charge in [0.2, 0.25) is 0 Å². The average Bonchev–Trinajstić information content (AvgIpc) is 3.33. The van der Waals surface area contributed by atoms with E-state index in [1.165, 1.54) is 5.56 Å². The zero-order valence-electron chi connectivity index (χ0n) is 20.4. The number of aryl methyl sites for hydroxylation is 2. The summed E-state index contributed by atoms with van der Waals surface area (Å²) >= 11 is 12.1. The number of benzene rings is 3. The Morgan fingerprint density at radius 1 is 1.00 bits per heavy atom. The largest absolute Gasteiger partial charge is 0.294 e. The van der Waals surface area contributed by atoms with Crippen LogP contribution in [0.5, 0.6) is 0 Å². The van der Waals surface area contributed by atoms with Gasteiger partial charge in [0.1, 0.15) is 5.82 Å². The van der Waals surface area contributed by atoms with Crippen molar-refractivity contribution in [3.8, 4) is 0 Å². The van der Waals surface area contributed by atoms with Gasteiger partial charge >= 0.3 is 0 Å². The van der Waals surface area contributed by atoms with Crippen LogP contribution < -0.4 is 5.43 Å². The van der Waals surface area contributed by atoms with Crippen LogP contribution in [0.1, 0.15) is 51.9 Å². The Kier molecular flexibility index (Phi) is 7.22. The van der Waals surface area contributed by atoms with Crippen molar-refractivity contribution < 1.29 is 4.79 Å². The first kappa shape index (κ1) is 24.9. The number of nitrogens with zero attached hydrogens (tertiary/aromatic N) is 3. The number of halogens is 2. The molecule has 1 aliphatic rings. The van der Waals surface area contributed by atoms with Crippen LogP contribution in [0.15, 0.2) is 77.9 Å². The first-order chi connectivity index (χ1) is 17.9. The van der Waals surface area contributed by atoms with E-state index in [4.69, 9.17) is 23.2 Å². The van der Waals surface area contributed by atoms with Crippen molar-refractivity contribution in [2.45, 2.75) is 32.1 Å². The Bertz CT molecular complexity index is 1490. The van der Waals surface area contributed by atoms with Crippen LogP contribution in [0, 0.1) is 13.8 Å². The Balaban J connectivity index is 1.44. The predicted octanol–water partition coefficient (Wildman–Crippen LogP) is 7.10. The van der Waals surface area contributed by atoms with Gasteiger partial charge in [0.05, 0.1) is 12.1 Å². The van der Waals surface area contributed by atoms with Crippen LogP contribution in [-0.2, 0) is 4.79 Å². The van der Waals surface area contributed by atoms with Crippen molar-refractivity contribution in [2.75, 3.05) is 5.43 Å². The topological polar surface area (TPSA) is 83.0 Å². The van der Waals surface area contributed by atoms with E-state index < -0.39 is 5.92 Å². The molecule has 8 heteroatoms. The highest BCUT2D eigenvalue weighted by molar-refractivity contribution is 6.30. The Labute approximate surface area is 225 Å². The van der Waals surface area contributed by atoms with Crippen molar-refractivity contribution in [1.82, 2.24) is 15.2 Å². The first-order valence-corrected chi connectivity index (χ1v) is 12.7. The monoisotopic (exact) mass is 529 g/mol. The van der Waals surface area contributed by atoms with Gasteiger partial charge < -0.3 is 0 Å². The van der Waals surface area contributed by atoms with Crippen LogP contribution in [0.4, 0.5) is 5.95 Å². The zero-order valence-corrected chi connectivity index (χ0v) is 21.9. The summed E-state index contributed by atoms with van der Waals surface area (Å²) < 4.78 is 0. The fraction of sp³-hybridized carbons (Fsp3) is 0.172. The van der Waals surface area contributed by atoms with Crippen LogP contribution in [-0.4, -0.2) is 27.2 Å². The number of ketones is 1. The molecule has 1 heterocycles. The summed E-state index contributed by atoms with van der Waals surface area (Å²) in [5, 5.41) is 12.7. The molecule has 186 valence electrons. The molecule has 2 atom stereocenters. The molecule has 0 amide bonds. The van der Waals surface area contributed by atoms with E-state index in [0.717, 1.165) is 27.8 Å². The smallest absolute Gasteiger partial charge is 0.262 e. The summed E-state index contributed by atoms with van der Waals surface area (Å²) in [6, 6.07) is 21.3. The van der Waals surface area contributed by atoms with Crippen LogP contribution in [0.2, 0.25) is 10.0 Å². The molecular formula is C29H25Cl2N5O. The summed E-state index contributed by atoms with van der Waals surface area (Å²) in [4.78, 5) is 18.2. The van der Waals surface area contributed by atoms with Gasteiger partial charge in [-0.05, 0) is 78.4 Å². The summed E-state index contributed by atoms with van der Waals surface area (Å²) in [6.07, 6.45) is 4.08. The van der Waals surface area contributed by atoms with E-state index in [-0.39, 0.29) is 17.6 Å². The number of allylic oxidation sites excluding steroid dienone is 2. The highest BCUT2D eigenvalue weighted by Gasteiger charge is 2.37. The molecule has 2 unspecified atom stereocenters. The lowest BCUT2D eigenvalue weighted by molar-refractivity contribution is -0.116. The van der Waals surface area contributed by atoms with Crippen molar-refractivity contribution >= 4 is 46.7 Å². The lowest BCUT2D eigenvalue weighted by Gasteiger charge is -2.30. The van der Waals surface area contributed by atoms with E-state index in [1.807, 2.05) is 36.4 Å². The third-order valence-corrected chi connectivity index (χ3v) is 7.04. The number of H-pyrrole nitrogens is 1. The quantitative estimate of drug-likeness (QED) is 0.206. The molecule has 4 aromatic rings. The number of aromatic amines is 1. The number of nitrogens with one attached hydrogen (secondary N) is 2. The van der Waals surface area contributed by atoms with Gasteiger partial charge in [0.25, 0.3) is 5.95 Å².